The monoisotopic (exact) mass is 369 g/mol. The molecule has 1 aliphatic rings. The van der Waals surface area contributed by atoms with Crippen molar-refractivity contribution < 1.29 is 22.9 Å². The Morgan fingerprint density at radius 2 is 1.57 bits per heavy atom. The summed E-state index contributed by atoms with van der Waals surface area (Å²) in [6.07, 6.45) is 0.972. The van der Waals surface area contributed by atoms with Crippen LogP contribution in [-0.2, 0) is 22.9 Å². The summed E-state index contributed by atoms with van der Waals surface area (Å²) in [5.74, 6) is 0.777. The predicted octanol–water partition coefficient (Wildman–Crippen LogP) is 3.78. The molecule has 0 radical (unpaired) electrons. The van der Waals surface area contributed by atoms with Gasteiger partial charge in [0.15, 0.2) is 0 Å². The fraction of sp³-hybridized carbons (Fsp3) is 1.00. The molecule has 0 aromatic rings. The van der Waals surface area contributed by atoms with Crippen LogP contribution in [0.2, 0.25) is 6.32 Å². The first-order valence-corrected chi connectivity index (χ1v) is 11.7. The minimum atomic E-state index is -2.91. The molecule has 23 heavy (non-hydrogen) atoms. The zero-order valence-electron chi connectivity index (χ0n) is 15.3. The Balaban J connectivity index is 0.000000568. The number of nitrogens with zero attached hydrogens (tertiary/aromatic N) is 1. The van der Waals surface area contributed by atoms with E-state index in [9.17, 15) is 4.57 Å². The first-order chi connectivity index (χ1) is 11.0. The van der Waals surface area contributed by atoms with Crippen molar-refractivity contribution in [2.75, 3.05) is 51.8 Å². The van der Waals surface area contributed by atoms with Gasteiger partial charge in [0.05, 0.1) is 26.4 Å². The van der Waals surface area contributed by atoms with Crippen molar-refractivity contribution in [2.45, 2.75) is 40.9 Å². The van der Waals surface area contributed by atoms with Gasteiger partial charge in [-0.1, -0.05) is 20.8 Å². The summed E-state index contributed by atoms with van der Waals surface area (Å²) in [6.45, 7) is 12.4. The summed E-state index contributed by atoms with van der Waals surface area (Å²) >= 11 is 1.30. The maximum absolute atomic E-state index is 12.1. The first-order valence-electron chi connectivity index (χ1n) is 8.54. The van der Waals surface area contributed by atoms with Crippen LogP contribution in [0.3, 0.4) is 0 Å². The molecule has 0 N–H and O–H groups in total. The number of rotatable bonds is 11. The highest BCUT2D eigenvalue weighted by atomic mass is 32.7. The zero-order valence-corrected chi connectivity index (χ0v) is 17.0. The van der Waals surface area contributed by atoms with Crippen LogP contribution in [0.15, 0.2) is 0 Å². The molecule has 6 nitrogen and oxygen atoms in total. The molecule has 0 unspecified atom stereocenters. The lowest BCUT2D eigenvalue weighted by atomic mass is 9.87. The lowest BCUT2D eigenvalue weighted by Crippen LogP contribution is -2.25. The van der Waals surface area contributed by atoms with E-state index in [2.05, 4.69) is 25.7 Å². The molecule has 0 aromatic heterocycles. The van der Waals surface area contributed by atoms with Crippen LogP contribution < -0.4 is 0 Å². The normalized spacial score (nSPS) is 15.0. The van der Waals surface area contributed by atoms with Crippen molar-refractivity contribution >= 4 is 25.3 Å². The second-order valence-electron chi connectivity index (χ2n) is 4.72. The first kappa shape index (κ1) is 23.4. The van der Waals surface area contributed by atoms with Crippen LogP contribution in [0.4, 0.5) is 0 Å². The van der Waals surface area contributed by atoms with Crippen LogP contribution in [-0.4, -0.2) is 63.8 Å². The van der Waals surface area contributed by atoms with Gasteiger partial charge >= 0.3 is 13.9 Å². The molecule has 9 heteroatoms. The molecule has 1 heterocycles. The summed E-state index contributed by atoms with van der Waals surface area (Å²) in [4.78, 5) is 2.29. The Morgan fingerprint density at radius 3 is 1.91 bits per heavy atom. The van der Waals surface area contributed by atoms with Gasteiger partial charge in [-0.3, -0.25) is 0 Å². The molecule has 0 aromatic carbocycles. The van der Waals surface area contributed by atoms with Gasteiger partial charge in [-0.25, -0.2) is 4.57 Å². The third-order valence-electron chi connectivity index (χ3n) is 3.15. The van der Waals surface area contributed by atoms with Crippen LogP contribution in [0, 0.1) is 0 Å². The van der Waals surface area contributed by atoms with E-state index in [4.69, 9.17) is 18.4 Å². The summed E-state index contributed by atoms with van der Waals surface area (Å²) in [5, 5.41) is 0. The van der Waals surface area contributed by atoms with Crippen molar-refractivity contribution in [2.24, 2.45) is 0 Å². The second kappa shape index (κ2) is 14.8. The van der Waals surface area contributed by atoms with Crippen molar-refractivity contribution in [3.05, 3.63) is 0 Å². The van der Waals surface area contributed by atoms with E-state index in [0.717, 1.165) is 44.9 Å². The zero-order chi connectivity index (χ0) is 17.6. The summed E-state index contributed by atoms with van der Waals surface area (Å²) in [5.41, 5.74) is 0. The average Bonchev–Trinajstić information content (AvgIpc) is 3.06. The molecule has 0 atom stereocenters. The molecule has 1 saturated heterocycles. The van der Waals surface area contributed by atoms with Gasteiger partial charge in [0.2, 0.25) is 0 Å². The maximum atomic E-state index is 12.1. The molecule has 0 bridgehead atoms. The van der Waals surface area contributed by atoms with Crippen LogP contribution in [0.5, 0.6) is 0 Å². The third-order valence-corrected chi connectivity index (χ3v) is 7.11. The fourth-order valence-electron chi connectivity index (χ4n) is 1.89. The Labute approximate surface area is 146 Å². The van der Waals surface area contributed by atoms with E-state index in [-0.39, 0.29) is 7.12 Å². The van der Waals surface area contributed by atoms with Gasteiger partial charge < -0.3 is 23.3 Å². The van der Waals surface area contributed by atoms with E-state index >= 15 is 0 Å². The van der Waals surface area contributed by atoms with Crippen LogP contribution >= 0.6 is 18.2 Å². The largest absolute Gasteiger partial charge is 0.456 e. The van der Waals surface area contributed by atoms with E-state index in [0.29, 0.717) is 13.2 Å². The van der Waals surface area contributed by atoms with E-state index in [1.54, 1.807) is 0 Å². The van der Waals surface area contributed by atoms with E-state index in [1.807, 2.05) is 13.8 Å². The molecule has 1 rings (SSSR count). The van der Waals surface area contributed by atoms with Gasteiger partial charge in [0, 0.05) is 12.3 Å². The number of hydrogen-bond donors (Lipinski definition) is 0. The quantitative estimate of drug-likeness (QED) is 0.406. The predicted molar refractivity (Wildman–Crippen MR) is 99.2 cm³/mol. The van der Waals surface area contributed by atoms with E-state index in [1.165, 1.54) is 11.4 Å². The number of hydrogen-bond acceptors (Lipinski definition) is 7. The molecule has 138 valence electrons. The second-order valence-corrected chi connectivity index (χ2v) is 8.92. The highest BCUT2D eigenvalue weighted by molar-refractivity contribution is 8.55. The third kappa shape index (κ3) is 11.6. The van der Waals surface area contributed by atoms with Gasteiger partial charge in [-0.15, -0.1) is 0 Å². The minimum absolute atomic E-state index is 0.0972. The van der Waals surface area contributed by atoms with Gasteiger partial charge in [-0.05, 0) is 44.6 Å². The lowest BCUT2D eigenvalue weighted by molar-refractivity contribution is 0.236. The van der Waals surface area contributed by atoms with Gasteiger partial charge in [0.25, 0.3) is 0 Å². The Kier molecular flexibility index (Phi) is 15.0. The summed E-state index contributed by atoms with van der Waals surface area (Å²) < 4.78 is 32.6. The van der Waals surface area contributed by atoms with Crippen molar-refractivity contribution in [3.8, 4) is 0 Å². The smallest absolute Gasteiger partial charge is 0.409 e. The Hall–Kier alpha value is 0.445. The molecule has 0 amide bonds. The molecule has 0 aliphatic carbocycles. The van der Waals surface area contributed by atoms with E-state index < -0.39 is 6.80 Å². The highest BCUT2D eigenvalue weighted by Gasteiger charge is 2.24. The van der Waals surface area contributed by atoms with Crippen molar-refractivity contribution in [3.63, 3.8) is 0 Å². The lowest BCUT2D eigenvalue weighted by Gasteiger charge is -2.20. The van der Waals surface area contributed by atoms with Crippen LogP contribution in [0.1, 0.15) is 34.6 Å². The summed E-state index contributed by atoms with van der Waals surface area (Å²) in [6, 6.07) is 0. The molecular weight excluding hydrogens is 336 g/mol. The highest BCUT2D eigenvalue weighted by Crippen LogP contribution is 2.60. The molecule has 0 saturated carbocycles. The summed E-state index contributed by atoms with van der Waals surface area (Å²) in [7, 11) is 0.0972. The molecule has 0 spiro atoms. The van der Waals surface area contributed by atoms with Crippen molar-refractivity contribution in [1.29, 1.82) is 0 Å². The molecular formula is C14H33BNO5PS. The van der Waals surface area contributed by atoms with Gasteiger partial charge in [0.1, 0.15) is 0 Å². The minimum Gasteiger partial charge on any atom is -0.409 e. The molecule has 1 fully saturated rings. The fourth-order valence-corrected chi connectivity index (χ4v) is 5.31. The standard InChI is InChI=1S/C10H24NO3PS.C4H9BO2/c1-5-11(6-2)9-10-16-15(12,13-7-3)14-8-4;1-2-5-6-3-4-7-5/h5-10H2,1-4H3;2-4H2,1H3. The maximum Gasteiger partial charge on any atom is 0.456 e. The Morgan fingerprint density at radius 1 is 1.04 bits per heavy atom. The average molecular weight is 369 g/mol. The Bertz CT molecular complexity index is 308. The van der Waals surface area contributed by atoms with Crippen molar-refractivity contribution in [1.82, 2.24) is 4.90 Å². The molecule has 1 aliphatic heterocycles. The SMILES string of the molecule is CCB1OCCO1.CCOP(=O)(OCC)SCCN(CC)CC. The van der Waals surface area contributed by atoms with Crippen LogP contribution in [0.25, 0.3) is 0 Å². The topological polar surface area (TPSA) is 57.2 Å². The van der Waals surface area contributed by atoms with Gasteiger partial charge in [-0.2, -0.15) is 0 Å².